The molecule has 0 spiro atoms. The fraction of sp³-hybridized carbons (Fsp3) is 0.364. The Morgan fingerprint density at radius 1 is 1.10 bits per heavy atom. The van der Waals surface area contributed by atoms with E-state index in [1.807, 2.05) is 35.2 Å². The number of likely N-dealkylation sites (N-methyl/N-ethyl adjacent to an activating group) is 1. The molecule has 0 N–H and O–H groups in total. The number of hydrogen-bond acceptors (Lipinski definition) is 6. The number of para-hydroxylation sites is 1. The molecule has 0 radical (unpaired) electrons. The molecule has 1 fully saturated rings. The molecule has 0 aliphatic carbocycles. The number of carbonyl (C=O) groups excluding carboxylic acids is 2. The van der Waals surface area contributed by atoms with E-state index in [4.69, 9.17) is 4.74 Å². The average Bonchev–Trinajstić information content (AvgIpc) is 2.78. The van der Waals surface area contributed by atoms with Crippen molar-refractivity contribution in [2.24, 2.45) is 0 Å². The summed E-state index contributed by atoms with van der Waals surface area (Å²) in [5.74, 6) is 0.398. The summed E-state index contributed by atoms with van der Waals surface area (Å²) in [5, 5.41) is 11.7. The topological polar surface area (TPSA) is 96.2 Å². The lowest BCUT2D eigenvalue weighted by Crippen LogP contribution is -2.48. The molecule has 1 aliphatic rings. The monoisotopic (exact) mass is 426 g/mol. The van der Waals surface area contributed by atoms with Gasteiger partial charge in [0.05, 0.1) is 11.5 Å². The van der Waals surface area contributed by atoms with Gasteiger partial charge in [-0.3, -0.25) is 19.7 Å². The fourth-order valence-corrected chi connectivity index (χ4v) is 3.47. The minimum atomic E-state index is -0.470. The number of anilines is 1. The number of piperazine rings is 1. The van der Waals surface area contributed by atoms with Crippen LogP contribution in [0.4, 0.5) is 11.4 Å². The number of amides is 2. The van der Waals surface area contributed by atoms with Crippen LogP contribution in [0.5, 0.6) is 5.75 Å². The number of benzene rings is 2. The largest absolute Gasteiger partial charge is 0.492 e. The van der Waals surface area contributed by atoms with Crippen LogP contribution < -0.4 is 9.64 Å². The van der Waals surface area contributed by atoms with E-state index in [0.717, 1.165) is 0 Å². The van der Waals surface area contributed by atoms with Crippen molar-refractivity contribution in [2.45, 2.75) is 6.92 Å². The van der Waals surface area contributed by atoms with Gasteiger partial charge in [-0.25, -0.2) is 0 Å². The molecule has 1 aliphatic heterocycles. The SMILES string of the molecule is CC(=O)N1CCN(c2ccc(C(=O)N(C)CCOc3ccccc3)cc2[N+](=O)[O-])CC1. The van der Waals surface area contributed by atoms with Gasteiger partial charge in [0.2, 0.25) is 5.91 Å². The molecule has 2 aromatic rings. The maximum Gasteiger partial charge on any atom is 0.293 e. The summed E-state index contributed by atoms with van der Waals surface area (Å²) in [7, 11) is 1.64. The van der Waals surface area contributed by atoms with Gasteiger partial charge in [-0.1, -0.05) is 18.2 Å². The maximum absolute atomic E-state index is 12.8. The summed E-state index contributed by atoms with van der Waals surface area (Å²) in [6, 6.07) is 13.8. The number of carbonyl (C=O) groups is 2. The second kappa shape index (κ2) is 9.92. The summed E-state index contributed by atoms with van der Waals surface area (Å²) in [4.78, 5) is 40.5. The molecule has 1 heterocycles. The highest BCUT2D eigenvalue weighted by Crippen LogP contribution is 2.30. The molecular weight excluding hydrogens is 400 g/mol. The first-order valence-electron chi connectivity index (χ1n) is 10.1. The molecule has 1 saturated heterocycles. The summed E-state index contributed by atoms with van der Waals surface area (Å²) >= 11 is 0. The van der Waals surface area contributed by atoms with E-state index in [1.54, 1.807) is 24.1 Å². The Balaban J connectivity index is 1.66. The highest BCUT2D eigenvalue weighted by molar-refractivity contribution is 5.95. The van der Waals surface area contributed by atoms with Gasteiger partial charge in [-0.05, 0) is 24.3 Å². The third kappa shape index (κ3) is 5.50. The maximum atomic E-state index is 12.8. The summed E-state index contributed by atoms with van der Waals surface area (Å²) < 4.78 is 5.61. The van der Waals surface area contributed by atoms with Gasteiger partial charge in [0, 0.05) is 51.8 Å². The highest BCUT2D eigenvalue weighted by Gasteiger charge is 2.26. The Kier molecular flexibility index (Phi) is 7.07. The van der Waals surface area contributed by atoms with Crippen LogP contribution in [0.25, 0.3) is 0 Å². The van der Waals surface area contributed by atoms with Crippen LogP contribution in [0.1, 0.15) is 17.3 Å². The van der Waals surface area contributed by atoms with Crippen LogP contribution in [0.3, 0.4) is 0 Å². The molecule has 0 atom stereocenters. The second-order valence-corrected chi connectivity index (χ2v) is 7.34. The summed E-state index contributed by atoms with van der Waals surface area (Å²) in [5.41, 5.74) is 0.593. The lowest BCUT2D eigenvalue weighted by Gasteiger charge is -2.35. The van der Waals surface area contributed by atoms with Gasteiger partial charge < -0.3 is 19.4 Å². The summed E-state index contributed by atoms with van der Waals surface area (Å²) in [6.45, 7) is 4.20. The van der Waals surface area contributed by atoms with Gasteiger partial charge in [-0.2, -0.15) is 0 Å². The summed E-state index contributed by atoms with van der Waals surface area (Å²) in [6.07, 6.45) is 0. The van der Waals surface area contributed by atoms with Crippen LogP contribution in [0.2, 0.25) is 0 Å². The molecule has 31 heavy (non-hydrogen) atoms. The van der Waals surface area contributed by atoms with Gasteiger partial charge in [0.25, 0.3) is 11.6 Å². The molecule has 0 bridgehead atoms. The van der Waals surface area contributed by atoms with Crippen LogP contribution in [0.15, 0.2) is 48.5 Å². The fourth-order valence-electron chi connectivity index (χ4n) is 3.47. The Morgan fingerprint density at radius 3 is 2.39 bits per heavy atom. The molecule has 0 aromatic heterocycles. The van der Waals surface area contributed by atoms with Crippen molar-refractivity contribution in [1.82, 2.24) is 9.80 Å². The first-order chi connectivity index (χ1) is 14.9. The minimum Gasteiger partial charge on any atom is -0.492 e. The van der Waals surface area contributed by atoms with E-state index >= 15 is 0 Å². The Hall–Kier alpha value is -3.62. The number of nitro groups is 1. The Labute approximate surface area is 181 Å². The number of nitrogens with zero attached hydrogens (tertiary/aromatic N) is 4. The highest BCUT2D eigenvalue weighted by atomic mass is 16.6. The third-order valence-corrected chi connectivity index (χ3v) is 5.27. The van der Waals surface area contributed by atoms with E-state index in [-0.39, 0.29) is 23.1 Å². The lowest BCUT2D eigenvalue weighted by molar-refractivity contribution is -0.384. The molecule has 3 rings (SSSR count). The average molecular weight is 426 g/mol. The number of ether oxygens (including phenoxy) is 1. The molecular formula is C22H26N4O5. The molecule has 164 valence electrons. The van der Waals surface area contributed by atoms with Crippen molar-refractivity contribution in [2.75, 3.05) is 51.3 Å². The van der Waals surface area contributed by atoms with Crippen molar-refractivity contribution < 1.29 is 19.2 Å². The predicted octanol–water partition coefficient (Wildman–Crippen LogP) is 2.41. The van der Waals surface area contributed by atoms with E-state index in [1.165, 1.54) is 17.9 Å². The quantitative estimate of drug-likeness (QED) is 0.498. The van der Waals surface area contributed by atoms with E-state index < -0.39 is 4.92 Å². The van der Waals surface area contributed by atoms with E-state index in [2.05, 4.69) is 0 Å². The van der Waals surface area contributed by atoms with Crippen LogP contribution in [-0.2, 0) is 4.79 Å². The van der Waals surface area contributed by atoms with Crippen LogP contribution in [-0.4, -0.2) is 72.9 Å². The second-order valence-electron chi connectivity index (χ2n) is 7.34. The Bertz CT molecular complexity index is 942. The van der Waals surface area contributed by atoms with Crippen molar-refractivity contribution in [3.63, 3.8) is 0 Å². The van der Waals surface area contributed by atoms with E-state index in [9.17, 15) is 19.7 Å². The lowest BCUT2D eigenvalue weighted by atomic mass is 10.1. The zero-order valence-corrected chi connectivity index (χ0v) is 17.7. The van der Waals surface area contributed by atoms with E-state index in [0.29, 0.717) is 50.8 Å². The number of hydrogen-bond donors (Lipinski definition) is 0. The van der Waals surface area contributed by atoms with Crippen molar-refractivity contribution in [3.8, 4) is 5.75 Å². The smallest absolute Gasteiger partial charge is 0.293 e. The molecule has 0 unspecified atom stereocenters. The van der Waals surface area contributed by atoms with Gasteiger partial charge in [0.1, 0.15) is 18.0 Å². The number of nitro benzene ring substituents is 1. The third-order valence-electron chi connectivity index (χ3n) is 5.27. The molecule has 2 aromatic carbocycles. The van der Waals surface area contributed by atoms with Crippen LogP contribution >= 0.6 is 0 Å². The first kappa shape index (κ1) is 22.1. The van der Waals surface area contributed by atoms with Crippen LogP contribution in [0, 0.1) is 10.1 Å². The number of rotatable bonds is 7. The zero-order chi connectivity index (χ0) is 22.4. The van der Waals surface area contributed by atoms with Gasteiger partial charge in [0.15, 0.2) is 0 Å². The molecule has 0 saturated carbocycles. The predicted molar refractivity (Wildman–Crippen MR) is 116 cm³/mol. The molecule has 9 heteroatoms. The van der Waals surface area contributed by atoms with Crippen molar-refractivity contribution >= 4 is 23.2 Å². The standard InChI is InChI=1S/C22H26N4O5/c1-17(27)24-10-12-25(13-11-24)20-9-8-18(16-21(20)26(29)30)22(28)23(2)14-15-31-19-6-4-3-5-7-19/h3-9,16H,10-15H2,1-2H3. The normalized spacial score (nSPS) is 13.6. The van der Waals surface area contributed by atoms with Crippen molar-refractivity contribution in [3.05, 3.63) is 64.2 Å². The molecule has 2 amide bonds. The van der Waals surface area contributed by atoms with Gasteiger partial charge in [-0.15, -0.1) is 0 Å². The zero-order valence-electron chi connectivity index (χ0n) is 17.7. The van der Waals surface area contributed by atoms with Crippen molar-refractivity contribution in [1.29, 1.82) is 0 Å². The molecule has 9 nitrogen and oxygen atoms in total. The first-order valence-corrected chi connectivity index (χ1v) is 10.1. The minimum absolute atomic E-state index is 0.00521. The Morgan fingerprint density at radius 2 is 1.77 bits per heavy atom. The van der Waals surface area contributed by atoms with Gasteiger partial charge >= 0.3 is 0 Å².